The minimum absolute atomic E-state index is 0.627. The molecule has 1 heterocycles. The number of halogens is 1. The summed E-state index contributed by atoms with van der Waals surface area (Å²) in [5.41, 5.74) is 0. The summed E-state index contributed by atoms with van der Waals surface area (Å²) in [5.74, 6) is -0.627. The van der Waals surface area contributed by atoms with Crippen LogP contribution in [0.25, 0.3) is 0 Å². The van der Waals surface area contributed by atoms with Crippen LogP contribution in [-0.4, -0.2) is 18.2 Å². The standard InChI is InChI=1S/C3HFN2O/c4-3-5-1-2(7)6-3/h1H. The predicted octanol–water partition coefficient (Wildman–Crippen LogP) is -0.0771. The fraction of sp³-hybridized carbons (Fsp3) is 0. The molecule has 0 saturated carbocycles. The second-order valence-electron chi connectivity index (χ2n) is 0.977. The zero-order chi connectivity index (χ0) is 5.28. The third-order valence-corrected chi connectivity index (χ3v) is 0.484. The molecule has 0 aromatic rings. The smallest absolute Gasteiger partial charge is 0.266 e. The van der Waals surface area contributed by atoms with Gasteiger partial charge in [0.05, 0.1) is 6.21 Å². The van der Waals surface area contributed by atoms with Crippen LogP contribution in [0.2, 0.25) is 0 Å². The van der Waals surface area contributed by atoms with Gasteiger partial charge >= 0.3 is 6.09 Å². The van der Waals surface area contributed by atoms with Gasteiger partial charge in [-0.3, -0.25) is 4.79 Å². The van der Waals surface area contributed by atoms with Crippen molar-refractivity contribution in [2.45, 2.75) is 0 Å². The Morgan fingerprint density at radius 2 is 2.43 bits per heavy atom. The maximum Gasteiger partial charge on any atom is 0.312 e. The highest BCUT2D eigenvalue weighted by atomic mass is 19.1. The molecule has 7 heavy (non-hydrogen) atoms. The largest absolute Gasteiger partial charge is 0.312 e. The van der Waals surface area contributed by atoms with Gasteiger partial charge in [-0.05, 0) is 0 Å². The van der Waals surface area contributed by atoms with Crippen LogP contribution >= 0.6 is 0 Å². The summed E-state index contributed by atoms with van der Waals surface area (Å²) in [6.45, 7) is 0. The van der Waals surface area contributed by atoms with Crippen LogP contribution in [0.4, 0.5) is 4.39 Å². The molecule has 0 N–H and O–H groups in total. The summed E-state index contributed by atoms with van der Waals surface area (Å²) in [5, 5.41) is 0. The van der Waals surface area contributed by atoms with Gasteiger partial charge in [0, 0.05) is 0 Å². The van der Waals surface area contributed by atoms with E-state index < -0.39 is 12.0 Å². The minimum atomic E-state index is -0.954. The Morgan fingerprint density at radius 1 is 1.71 bits per heavy atom. The molecule has 0 atom stereocenters. The Morgan fingerprint density at radius 3 is 2.57 bits per heavy atom. The summed E-state index contributed by atoms with van der Waals surface area (Å²) >= 11 is 0. The highest BCUT2D eigenvalue weighted by Gasteiger charge is 2.04. The molecule has 0 spiro atoms. The summed E-state index contributed by atoms with van der Waals surface area (Å²) in [7, 11) is 0. The van der Waals surface area contributed by atoms with Gasteiger partial charge in [-0.1, -0.05) is 0 Å². The van der Waals surface area contributed by atoms with Crippen LogP contribution in [-0.2, 0) is 4.79 Å². The van der Waals surface area contributed by atoms with Crippen molar-refractivity contribution < 1.29 is 9.18 Å². The quantitative estimate of drug-likeness (QED) is 0.392. The van der Waals surface area contributed by atoms with Crippen LogP contribution in [0.15, 0.2) is 9.98 Å². The molecular formula is C3HFN2O. The Hall–Kier alpha value is -1.06. The molecule has 1 rings (SSSR count). The molecule has 36 valence electrons. The lowest BCUT2D eigenvalue weighted by atomic mass is 10.7. The lowest BCUT2D eigenvalue weighted by molar-refractivity contribution is -0.111. The van der Waals surface area contributed by atoms with E-state index in [-0.39, 0.29) is 0 Å². The van der Waals surface area contributed by atoms with Gasteiger partial charge in [0.15, 0.2) is 0 Å². The van der Waals surface area contributed by atoms with E-state index in [9.17, 15) is 9.18 Å². The summed E-state index contributed by atoms with van der Waals surface area (Å²) in [6.07, 6.45) is -0.125. The number of carbonyl (C=O) groups excluding carboxylic acids is 1. The van der Waals surface area contributed by atoms with Gasteiger partial charge in [0.2, 0.25) is 0 Å². The number of aliphatic imine (C=N–C) groups is 2. The highest BCUT2D eigenvalue weighted by Crippen LogP contribution is 1.89. The predicted molar refractivity (Wildman–Crippen MR) is 22.0 cm³/mol. The van der Waals surface area contributed by atoms with Gasteiger partial charge < -0.3 is 0 Å². The third-order valence-electron chi connectivity index (χ3n) is 0.484. The molecule has 0 saturated heterocycles. The third kappa shape index (κ3) is 0.677. The van der Waals surface area contributed by atoms with Gasteiger partial charge in [-0.2, -0.15) is 9.38 Å². The molecule has 0 radical (unpaired) electrons. The molecule has 0 fully saturated rings. The van der Waals surface area contributed by atoms with Crippen molar-refractivity contribution in [3.8, 4) is 0 Å². The summed E-state index contributed by atoms with van der Waals surface area (Å²) < 4.78 is 11.5. The number of amidine groups is 1. The van der Waals surface area contributed by atoms with Gasteiger partial charge in [0.25, 0.3) is 5.91 Å². The lowest BCUT2D eigenvalue weighted by Crippen LogP contribution is -1.85. The average molecular weight is 100 g/mol. The van der Waals surface area contributed by atoms with Crippen molar-refractivity contribution in [3.63, 3.8) is 0 Å². The van der Waals surface area contributed by atoms with Crippen LogP contribution in [0.1, 0.15) is 0 Å². The Bertz CT molecular complexity index is 160. The van der Waals surface area contributed by atoms with Crippen LogP contribution in [0.5, 0.6) is 0 Å². The van der Waals surface area contributed by atoms with Gasteiger partial charge in [0.1, 0.15) is 0 Å². The number of carbonyl (C=O) groups is 1. The molecule has 0 aliphatic carbocycles. The zero-order valence-corrected chi connectivity index (χ0v) is 3.26. The monoisotopic (exact) mass is 100 g/mol. The number of nitrogens with zero attached hydrogens (tertiary/aromatic N) is 2. The first-order valence-electron chi connectivity index (χ1n) is 1.61. The van der Waals surface area contributed by atoms with E-state index in [0.717, 1.165) is 6.21 Å². The maximum absolute atomic E-state index is 11.5. The number of rotatable bonds is 0. The van der Waals surface area contributed by atoms with Crippen molar-refractivity contribution in [1.29, 1.82) is 0 Å². The summed E-state index contributed by atoms with van der Waals surface area (Å²) in [4.78, 5) is 15.6. The Kier molecular flexibility index (Phi) is 0.714. The number of amides is 1. The fourth-order valence-corrected chi connectivity index (χ4v) is 0.257. The van der Waals surface area contributed by atoms with E-state index in [1.54, 1.807) is 0 Å². The van der Waals surface area contributed by atoms with Crippen molar-refractivity contribution in [1.82, 2.24) is 0 Å². The number of hydrogen-bond donors (Lipinski definition) is 0. The number of hydrogen-bond acceptors (Lipinski definition) is 2. The molecule has 1 amide bonds. The van der Waals surface area contributed by atoms with E-state index >= 15 is 0 Å². The molecule has 1 aliphatic heterocycles. The van der Waals surface area contributed by atoms with E-state index in [4.69, 9.17) is 0 Å². The first-order valence-corrected chi connectivity index (χ1v) is 1.61. The van der Waals surface area contributed by atoms with E-state index in [1.165, 1.54) is 0 Å². The molecular weight excluding hydrogens is 99.0 g/mol. The lowest BCUT2D eigenvalue weighted by Gasteiger charge is -1.65. The van der Waals surface area contributed by atoms with Crippen LogP contribution in [0, 0.1) is 0 Å². The van der Waals surface area contributed by atoms with Crippen molar-refractivity contribution in [2.75, 3.05) is 0 Å². The first-order chi connectivity index (χ1) is 3.29. The highest BCUT2D eigenvalue weighted by molar-refractivity contribution is 6.33. The normalized spacial score (nSPS) is 17.9. The summed E-state index contributed by atoms with van der Waals surface area (Å²) in [6, 6.07) is 0. The van der Waals surface area contributed by atoms with Crippen molar-refractivity contribution >= 4 is 18.2 Å². The minimum Gasteiger partial charge on any atom is -0.266 e. The topological polar surface area (TPSA) is 41.8 Å². The van der Waals surface area contributed by atoms with E-state index in [0.29, 0.717) is 0 Å². The molecule has 1 aliphatic rings. The van der Waals surface area contributed by atoms with Crippen molar-refractivity contribution in [3.05, 3.63) is 0 Å². The molecule has 0 bridgehead atoms. The fourth-order valence-electron chi connectivity index (χ4n) is 0.257. The maximum atomic E-state index is 11.5. The second kappa shape index (κ2) is 1.22. The molecule has 3 nitrogen and oxygen atoms in total. The average Bonchev–Trinajstić information content (AvgIpc) is 1.87. The second-order valence-corrected chi connectivity index (χ2v) is 0.977. The molecule has 0 aromatic carbocycles. The molecule has 0 unspecified atom stereocenters. The van der Waals surface area contributed by atoms with Gasteiger partial charge in [-0.25, -0.2) is 4.99 Å². The van der Waals surface area contributed by atoms with Crippen molar-refractivity contribution in [2.24, 2.45) is 9.98 Å². The van der Waals surface area contributed by atoms with Gasteiger partial charge in [-0.15, -0.1) is 0 Å². The Labute approximate surface area is 38.6 Å². The Balaban J connectivity index is 2.88. The van der Waals surface area contributed by atoms with Crippen LogP contribution < -0.4 is 0 Å². The SMILES string of the molecule is O=C1C=NC(F)=N1. The van der Waals surface area contributed by atoms with Crippen LogP contribution in [0.3, 0.4) is 0 Å². The van der Waals surface area contributed by atoms with E-state index in [1.807, 2.05) is 0 Å². The zero-order valence-electron chi connectivity index (χ0n) is 3.26. The molecule has 4 heteroatoms. The molecule has 0 aromatic heterocycles. The first kappa shape index (κ1) is 4.11. The van der Waals surface area contributed by atoms with E-state index in [2.05, 4.69) is 9.98 Å².